The largest absolute Gasteiger partial charge is 0.493 e. The summed E-state index contributed by atoms with van der Waals surface area (Å²) in [6.45, 7) is 7.11. The Labute approximate surface area is 179 Å². The van der Waals surface area contributed by atoms with Crippen molar-refractivity contribution in [1.82, 2.24) is 9.80 Å². The van der Waals surface area contributed by atoms with E-state index in [-0.39, 0.29) is 5.91 Å². The monoisotopic (exact) mass is 408 g/mol. The van der Waals surface area contributed by atoms with Gasteiger partial charge in [0.2, 0.25) is 5.91 Å². The molecule has 0 spiro atoms. The van der Waals surface area contributed by atoms with Crippen LogP contribution < -0.4 is 9.47 Å². The van der Waals surface area contributed by atoms with Gasteiger partial charge in [0.25, 0.3) is 0 Å². The minimum atomic E-state index is 0.0573. The maximum absolute atomic E-state index is 12.7. The van der Waals surface area contributed by atoms with Gasteiger partial charge in [-0.3, -0.25) is 9.69 Å². The molecule has 160 valence electrons. The van der Waals surface area contributed by atoms with Gasteiger partial charge in [-0.05, 0) is 42.2 Å². The van der Waals surface area contributed by atoms with Gasteiger partial charge in [0.1, 0.15) is 0 Å². The first-order chi connectivity index (χ1) is 14.7. The maximum atomic E-state index is 12.7. The number of rotatable bonds is 8. The van der Waals surface area contributed by atoms with E-state index in [4.69, 9.17) is 9.47 Å². The summed E-state index contributed by atoms with van der Waals surface area (Å²) in [5.41, 5.74) is 2.24. The number of benzene rings is 2. The van der Waals surface area contributed by atoms with Crippen LogP contribution in [0.3, 0.4) is 0 Å². The van der Waals surface area contributed by atoms with E-state index in [9.17, 15) is 4.79 Å². The smallest absolute Gasteiger partial charge is 0.246 e. The Hall–Kier alpha value is -2.79. The van der Waals surface area contributed by atoms with Gasteiger partial charge in [-0.25, -0.2) is 0 Å². The molecule has 0 N–H and O–H groups in total. The molecule has 5 nitrogen and oxygen atoms in total. The summed E-state index contributed by atoms with van der Waals surface area (Å²) in [4.78, 5) is 17.1. The van der Waals surface area contributed by atoms with Crippen molar-refractivity contribution < 1.29 is 14.3 Å². The predicted molar refractivity (Wildman–Crippen MR) is 121 cm³/mol. The fraction of sp³-hybridized carbons (Fsp3) is 0.400. The first kappa shape index (κ1) is 21.9. The molecule has 2 aromatic carbocycles. The van der Waals surface area contributed by atoms with Crippen LogP contribution in [0.1, 0.15) is 30.9 Å². The number of methoxy groups -OCH3 is 1. The maximum Gasteiger partial charge on any atom is 0.246 e. The Morgan fingerprint density at radius 1 is 1.03 bits per heavy atom. The van der Waals surface area contributed by atoms with Gasteiger partial charge in [0, 0.05) is 38.8 Å². The van der Waals surface area contributed by atoms with Crippen molar-refractivity contribution in [1.29, 1.82) is 0 Å². The molecular weight excluding hydrogens is 376 g/mol. The van der Waals surface area contributed by atoms with Gasteiger partial charge in [-0.1, -0.05) is 43.3 Å². The van der Waals surface area contributed by atoms with E-state index in [1.165, 1.54) is 5.56 Å². The van der Waals surface area contributed by atoms with Crippen LogP contribution in [0, 0.1) is 0 Å². The lowest BCUT2D eigenvalue weighted by atomic mass is 10.2. The van der Waals surface area contributed by atoms with E-state index in [0.29, 0.717) is 12.4 Å². The molecule has 1 aliphatic rings. The second-order valence-corrected chi connectivity index (χ2v) is 7.53. The normalized spacial score (nSPS) is 15.2. The third-order valence-electron chi connectivity index (χ3n) is 5.22. The highest BCUT2D eigenvalue weighted by Gasteiger charge is 2.17. The van der Waals surface area contributed by atoms with Gasteiger partial charge in [-0.2, -0.15) is 0 Å². The quantitative estimate of drug-likeness (QED) is 0.613. The van der Waals surface area contributed by atoms with Crippen molar-refractivity contribution in [3.05, 3.63) is 65.7 Å². The van der Waals surface area contributed by atoms with Crippen molar-refractivity contribution in [3.63, 3.8) is 0 Å². The van der Waals surface area contributed by atoms with E-state index in [1.54, 1.807) is 13.2 Å². The van der Waals surface area contributed by atoms with Gasteiger partial charge in [-0.15, -0.1) is 0 Å². The first-order valence-electron chi connectivity index (χ1n) is 10.7. The average Bonchev–Trinajstić information content (AvgIpc) is 3.02. The zero-order valence-electron chi connectivity index (χ0n) is 18.0. The lowest BCUT2D eigenvalue weighted by Crippen LogP contribution is -2.34. The molecule has 0 unspecified atom stereocenters. The second kappa shape index (κ2) is 11.4. The number of hydrogen-bond donors (Lipinski definition) is 0. The van der Waals surface area contributed by atoms with E-state index in [0.717, 1.165) is 56.9 Å². The molecule has 0 saturated carbocycles. The SMILES string of the molecule is CCCOc1ccc(/C=C/C(=O)N2CCCN(Cc3ccccc3)CC2)cc1OC. The van der Waals surface area contributed by atoms with Crippen LogP contribution in [-0.4, -0.2) is 55.6 Å². The fourth-order valence-electron chi connectivity index (χ4n) is 3.58. The zero-order valence-corrected chi connectivity index (χ0v) is 18.0. The molecule has 5 heteroatoms. The van der Waals surface area contributed by atoms with Crippen LogP contribution in [0.25, 0.3) is 6.08 Å². The molecule has 0 aliphatic carbocycles. The summed E-state index contributed by atoms with van der Waals surface area (Å²) in [5, 5.41) is 0. The zero-order chi connectivity index (χ0) is 21.2. The third kappa shape index (κ3) is 6.36. The highest BCUT2D eigenvalue weighted by Crippen LogP contribution is 2.28. The Morgan fingerprint density at radius 2 is 1.87 bits per heavy atom. The van der Waals surface area contributed by atoms with Crippen LogP contribution in [0.2, 0.25) is 0 Å². The molecule has 1 aliphatic heterocycles. The van der Waals surface area contributed by atoms with Crippen LogP contribution >= 0.6 is 0 Å². The average molecular weight is 409 g/mol. The number of carbonyl (C=O) groups excluding carboxylic acids is 1. The number of amides is 1. The van der Waals surface area contributed by atoms with Gasteiger partial charge in [0.15, 0.2) is 11.5 Å². The molecule has 0 bridgehead atoms. The number of carbonyl (C=O) groups is 1. The molecule has 2 aromatic rings. The molecule has 1 fully saturated rings. The lowest BCUT2D eigenvalue weighted by Gasteiger charge is -2.21. The molecule has 0 radical (unpaired) electrons. The van der Waals surface area contributed by atoms with Crippen molar-refractivity contribution in [3.8, 4) is 11.5 Å². The molecular formula is C25H32N2O3. The van der Waals surface area contributed by atoms with E-state index in [2.05, 4.69) is 36.1 Å². The summed E-state index contributed by atoms with van der Waals surface area (Å²) in [5.74, 6) is 1.47. The molecule has 0 aromatic heterocycles. The highest BCUT2D eigenvalue weighted by molar-refractivity contribution is 5.91. The van der Waals surface area contributed by atoms with Gasteiger partial charge in [0.05, 0.1) is 13.7 Å². The highest BCUT2D eigenvalue weighted by atomic mass is 16.5. The van der Waals surface area contributed by atoms with Crippen LogP contribution in [0.15, 0.2) is 54.6 Å². The van der Waals surface area contributed by atoms with E-state index < -0.39 is 0 Å². The minimum absolute atomic E-state index is 0.0573. The summed E-state index contributed by atoms with van der Waals surface area (Å²) >= 11 is 0. The number of hydrogen-bond acceptors (Lipinski definition) is 4. The van der Waals surface area contributed by atoms with Crippen molar-refractivity contribution >= 4 is 12.0 Å². The van der Waals surface area contributed by atoms with Crippen LogP contribution in [-0.2, 0) is 11.3 Å². The Kier molecular flexibility index (Phi) is 8.33. The van der Waals surface area contributed by atoms with Gasteiger partial charge < -0.3 is 14.4 Å². The predicted octanol–water partition coefficient (Wildman–Crippen LogP) is 4.23. The molecule has 3 rings (SSSR count). The Balaban J connectivity index is 1.55. The number of ether oxygens (including phenoxy) is 2. The minimum Gasteiger partial charge on any atom is -0.493 e. The molecule has 1 saturated heterocycles. The number of nitrogens with zero attached hydrogens (tertiary/aromatic N) is 2. The lowest BCUT2D eigenvalue weighted by molar-refractivity contribution is -0.125. The third-order valence-corrected chi connectivity index (χ3v) is 5.22. The Bertz CT molecular complexity index is 836. The van der Waals surface area contributed by atoms with Crippen LogP contribution in [0.5, 0.6) is 11.5 Å². The first-order valence-corrected chi connectivity index (χ1v) is 10.7. The summed E-state index contributed by atoms with van der Waals surface area (Å²) < 4.78 is 11.1. The van der Waals surface area contributed by atoms with Crippen LogP contribution in [0.4, 0.5) is 0 Å². The second-order valence-electron chi connectivity index (χ2n) is 7.53. The molecule has 30 heavy (non-hydrogen) atoms. The van der Waals surface area contributed by atoms with E-state index >= 15 is 0 Å². The molecule has 0 atom stereocenters. The fourth-order valence-corrected chi connectivity index (χ4v) is 3.58. The van der Waals surface area contributed by atoms with E-state index in [1.807, 2.05) is 35.2 Å². The van der Waals surface area contributed by atoms with Crippen molar-refractivity contribution in [2.24, 2.45) is 0 Å². The van der Waals surface area contributed by atoms with Crippen molar-refractivity contribution in [2.45, 2.75) is 26.3 Å². The summed E-state index contributed by atoms with van der Waals surface area (Å²) in [7, 11) is 1.63. The molecule has 1 heterocycles. The molecule has 1 amide bonds. The van der Waals surface area contributed by atoms with Crippen molar-refractivity contribution in [2.75, 3.05) is 39.9 Å². The summed E-state index contributed by atoms with van der Waals surface area (Å²) in [6.07, 6.45) is 5.44. The topological polar surface area (TPSA) is 42.0 Å². The Morgan fingerprint density at radius 3 is 2.63 bits per heavy atom. The van der Waals surface area contributed by atoms with Gasteiger partial charge >= 0.3 is 0 Å². The summed E-state index contributed by atoms with van der Waals surface area (Å²) in [6, 6.07) is 16.2. The standard InChI is InChI=1S/C25H32N2O3/c1-3-18-30-23-12-10-21(19-24(23)29-2)11-13-25(28)27-15-7-14-26(16-17-27)20-22-8-5-4-6-9-22/h4-6,8-13,19H,3,7,14-18,20H2,1-2H3/b13-11+.